The largest absolute Gasteiger partial charge is 0.371 e. The van der Waals surface area contributed by atoms with Crippen LogP contribution in [0.5, 0.6) is 0 Å². The predicted octanol–water partition coefficient (Wildman–Crippen LogP) is 2.49. The van der Waals surface area contributed by atoms with Gasteiger partial charge in [0.15, 0.2) is 5.96 Å². The summed E-state index contributed by atoms with van der Waals surface area (Å²) in [4.78, 5) is 6.92. The van der Waals surface area contributed by atoms with E-state index in [2.05, 4.69) is 53.3 Å². The van der Waals surface area contributed by atoms with Gasteiger partial charge >= 0.3 is 0 Å². The molecule has 1 aromatic carbocycles. The summed E-state index contributed by atoms with van der Waals surface area (Å²) in [6.07, 6.45) is 3.62. The van der Waals surface area contributed by atoms with Crippen LogP contribution in [0.2, 0.25) is 0 Å². The molecule has 0 radical (unpaired) electrons. The number of hydrogen-bond acceptors (Lipinski definition) is 2. The van der Waals surface area contributed by atoms with Crippen molar-refractivity contribution >= 4 is 11.6 Å². The van der Waals surface area contributed by atoms with Crippen molar-refractivity contribution in [3.8, 4) is 0 Å². The van der Waals surface area contributed by atoms with Crippen molar-refractivity contribution in [1.82, 2.24) is 5.32 Å². The Kier molecular flexibility index (Phi) is 5.27. The van der Waals surface area contributed by atoms with Crippen LogP contribution >= 0.6 is 0 Å². The number of guanidine groups is 1. The van der Waals surface area contributed by atoms with Crippen molar-refractivity contribution in [2.45, 2.75) is 45.7 Å². The molecule has 1 fully saturated rings. The monoisotopic (exact) mass is 274 g/mol. The molecule has 1 aliphatic rings. The number of para-hydroxylation sites is 1. The Balaban J connectivity index is 2.03. The van der Waals surface area contributed by atoms with Crippen LogP contribution in [0.15, 0.2) is 29.3 Å². The number of nitrogens with two attached hydrogens (primary N) is 1. The van der Waals surface area contributed by atoms with Crippen molar-refractivity contribution in [2.75, 3.05) is 18.0 Å². The molecule has 1 heterocycles. The Bertz CT molecular complexity index is 450. The van der Waals surface area contributed by atoms with Gasteiger partial charge in [0.2, 0.25) is 0 Å². The highest BCUT2D eigenvalue weighted by Crippen LogP contribution is 2.24. The molecule has 4 heteroatoms. The minimum atomic E-state index is 0.368. The second-order valence-electron chi connectivity index (χ2n) is 5.48. The van der Waals surface area contributed by atoms with Crippen LogP contribution in [0, 0.1) is 0 Å². The lowest BCUT2D eigenvalue weighted by molar-refractivity contribution is 0.636. The molecule has 0 saturated carbocycles. The zero-order valence-corrected chi connectivity index (χ0v) is 12.6. The van der Waals surface area contributed by atoms with Crippen LogP contribution in [-0.4, -0.2) is 25.1 Å². The van der Waals surface area contributed by atoms with Gasteiger partial charge in [-0.15, -0.1) is 0 Å². The molecule has 1 saturated heterocycles. The fraction of sp³-hybridized carbons (Fsp3) is 0.562. The molecular weight excluding hydrogens is 248 g/mol. The van der Waals surface area contributed by atoms with Gasteiger partial charge < -0.3 is 16.0 Å². The fourth-order valence-electron chi connectivity index (χ4n) is 2.48. The van der Waals surface area contributed by atoms with E-state index in [1.54, 1.807) is 0 Å². The van der Waals surface area contributed by atoms with Gasteiger partial charge in [-0.2, -0.15) is 0 Å². The maximum absolute atomic E-state index is 5.93. The molecule has 1 aromatic rings. The smallest absolute Gasteiger partial charge is 0.189 e. The molecule has 20 heavy (non-hydrogen) atoms. The van der Waals surface area contributed by atoms with Gasteiger partial charge in [-0.3, -0.25) is 0 Å². The maximum Gasteiger partial charge on any atom is 0.189 e. The molecule has 4 nitrogen and oxygen atoms in total. The first-order chi connectivity index (χ1) is 9.70. The molecular formula is C16H26N4. The normalized spacial score (nSPS) is 17.3. The summed E-state index contributed by atoms with van der Waals surface area (Å²) in [7, 11) is 0. The first-order valence-electron chi connectivity index (χ1n) is 7.60. The van der Waals surface area contributed by atoms with E-state index in [0.717, 1.165) is 19.5 Å². The highest BCUT2D eigenvalue weighted by molar-refractivity contribution is 5.78. The molecule has 0 spiro atoms. The van der Waals surface area contributed by atoms with E-state index < -0.39 is 0 Å². The maximum atomic E-state index is 5.93. The number of rotatable bonds is 5. The molecule has 0 bridgehead atoms. The van der Waals surface area contributed by atoms with Gasteiger partial charge in [-0.25, -0.2) is 4.99 Å². The van der Waals surface area contributed by atoms with E-state index in [9.17, 15) is 0 Å². The number of nitrogens with zero attached hydrogens (tertiary/aromatic N) is 2. The number of nitrogens with one attached hydrogen (secondary N) is 1. The fourth-order valence-corrected chi connectivity index (χ4v) is 2.48. The second kappa shape index (κ2) is 7.17. The Labute approximate surface area is 122 Å². The molecule has 2 rings (SSSR count). The molecule has 1 atom stereocenters. The number of hydrogen-bond donors (Lipinski definition) is 2. The number of benzene rings is 1. The first kappa shape index (κ1) is 14.7. The quantitative estimate of drug-likeness (QED) is 0.640. The lowest BCUT2D eigenvalue weighted by atomic mass is 10.1. The summed E-state index contributed by atoms with van der Waals surface area (Å²) in [6.45, 7) is 7.19. The minimum Gasteiger partial charge on any atom is -0.371 e. The zero-order valence-electron chi connectivity index (χ0n) is 12.6. The van der Waals surface area contributed by atoms with Gasteiger partial charge in [-0.05, 0) is 37.8 Å². The molecule has 0 aliphatic carbocycles. The molecule has 1 unspecified atom stereocenters. The minimum absolute atomic E-state index is 0.368. The highest BCUT2D eigenvalue weighted by atomic mass is 15.1. The third-order valence-electron chi connectivity index (χ3n) is 3.86. The van der Waals surface area contributed by atoms with Crippen molar-refractivity contribution in [2.24, 2.45) is 10.7 Å². The summed E-state index contributed by atoms with van der Waals surface area (Å²) < 4.78 is 0. The molecule has 0 aromatic heterocycles. The number of anilines is 1. The Morgan fingerprint density at radius 2 is 2.05 bits per heavy atom. The van der Waals surface area contributed by atoms with E-state index in [4.69, 9.17) is 5.73 Å². The third kappa shape index (κ3) is 3.89. The molecule has 0 amide bonds. The first-order valence-corrected chi connectivity index (χ1v) is 7.60. The van der Waals surface area contributed by atoms with E-state index in [1.807, 2.05) is 0 Å². The predicted molar refractivity (Wildman–Crippen MR) is 86.1 cm³/mol. The van der Waals surface area contributed by atoms with Crippen LogP contribution in [0.25, 0.3) is 0 Å². The van der Waals surface area contributed by atoms with Crippen molar-refractivity contribution in [3.05, 3.63) is 29.8 Å². The van der Waals surface area contributed by atoms with Crippen molar-refractivity contribution < 1.29 is 0 Å². The van der Waals surface area contributed by atoms with Crippen LogP contribution in [0.4, 0.5) is 5.69 Å². The molecule has 110 valence electrons. The standard InChI is InChI=1S/C16H26N4/c1-3-13(2)19-16(17)18-12-14-8-4-5-9-15(14)20-10-6-7-11-20/h4-5,8-9,13H,3,6-7,10-12H2,1-2H3,(H3,17,18,19). The summed E-state index contributed by atoms with van der Waals surface area (Å²) in [6, 6.07) is 8.87. The lowest BCUT2D eigenvalue weighted by Crippen LogP contribution is -2.38. The van der Waals surface area contributed by atoms with Gasteiger partial charge in [-0.1, -0.05) is 25.1 Å². The van der Waals surface area contributed by atoms with E-state index in [1.165, 1.54) is 24.1 Å². The average molecular weight is 274 g/mol. The van der Waals surface area contributed by atoms with Crippen molar-refractivity contribution in [3.63, 3.8) is 0 Å². The van der Waals surface area contributed by atoms with E-state index in [0.29, 0.717) is 18.5 Å². The van der Waals surface area contributed by atoms with Gasteiger partial charge in [0, 0.05) is 24.8 Å². The second-order valence-corrected chi connectivity index (χ2v) is 5.48. The van der Waals surface area contributed by atoms with Crippen LogP contribution in [0.1, 0.15) is 38.7 Å². The Morgan fingerprint density at radius 1 is 1.35 bits per heavy atom. The molecule has 3 N–H and O–H groups in total. The van der Waals surface area contributed by atoms with E-state index in [-0.39, 0.29) is 0 Å². The Morgan fingerprint density at radius 3 is 2.75 bits per heavy atom. The van der Waals surface area contributed by atoms with Crippen LogP contribution in [-0.2, 0) is 6.54 Å². The summed E-state index contributed by atoms with van der Waals surface area (Å²) in [5, 5.41) is 3.20. The van der Waals surface area contributed by atoms with Gasteiger partial charge in [0.25, 0.3) is 0 Å². The number of aliphatic imine (C=N–C) groups is 1. The Hall–Kier alpha value is -1.71. The van der Waals surface area contributed by atoms with Crippen molar-refractivity contribution in [1.29, 1.82) is 0 Å². The van der Waals surface area contributed by atoms with Gasteiger partial charge in [0.1, 0.15) is 0 Å². The summed E-state index contributed by atoms with van der Waals surface area (Å²) >= 11 is 0. The average Bonchev–Trinajstić information content (AvgIpc) is 2.99. The highest BCUT2D eigenvalue weighted by Gasteiger charge is 2.14. The molecule has 1 aliphatic heterocycles. The SMILES string of the molecule is CCC(C)NC(N)=NCc1ccccc1N1CCCC1. The topological polar surface area (TPSA) is 53.6 Å². The summed E-state index contributed by atoms with van der Waals surface area (Å²) in [5.74, 6) is 0.538. The van der Waals surface area contributed by atoms with Gasteiger partial charge in [0.05, 0.1) is 6.54 Å². The van der Waals surface area contributed by atoms with Crippen LogP contribution < -0.4 is 16.0 Å². The zero-order chi connectivity index (χ0) is 14.4. The third-order valence-corrected chi connectivity index (χ3v) is 3.86. The van der Waals surface area contributed by atoms with E-state index >= 15 is 0 Å². The van der Waals surface area contributed by atoms with Crippen LogP contribution in [0.3, 0.4) is 0 Å². The summed E-state index contributed by atoms with van der Waals surface area (Å²) in [5.41, 5.74) is 8.49. The lowest BCUT2D eigenvalue weighted by Gasteiger charge is -2.20.